The number of aryl methyl sites for hydroxylation is 1. The van der Waals surface area contributed by atoms with Crippen molar-refractivity contribution in [3.05, 3.63) is 36.4 Å². The van der Waals surface area contributed by atoms with E-state index >= 15 is 0 Å². The number of imidazole rings is 1. The summed E-state index contributed by atoms with van der Waals surface area (Å²) in [5.74, 6) is 0.987. The van der Waals surface area contributed by atoms with Gasteiger partial charge in [-0.3, -0.25) is 4.98 Å². The average molecular weight is 313 g/mol. The molecule has 1 aliphatic heterocycles. The van der Waals surface area contributed by atoms with E-state index in [1.54, 1.807) is 12.4 Å². The molecule has 0 aliphatic carbocycles. The quantitative estimate of drug-likeness (QED) is 0.947. The third-order valence-electron chi connectivity index (χ3n) is 4.37. The number of hydrogen-bond donors (Lipinski definition) is 1. The minimum absolute atomic E-state index is 0.0441. The second-order valence-electron chi connectivity index (χ2n) is 5.88. The third-order valence-corrected chi connectivity index (χ3v) is 4.37. The first-order chi connectivity index (χ1) is 11.2. The van der Waals surface area contributed by atoms with Crippen molar-refractivity contribution in [1.29, 1.82) is 0 Å². The lowest BCUT2D eigenvalue weighted by Crippen LogP contribution is -2.44. The van der Waals surface area contributed by atoms with Gasteiger partial charge < -0.3 is 14.8 Å². The number of carbonyl (C=O) groups is 1. The molecule has 0 radical (unpaired) electrons. The van der Waals surface area contributed by atoms with E-state index in [1.807, 2.05) is 30.2 Å². The summed E-state index contributed by atoms with van der Waals surface area (Å²) in [6.45, 7) is 6.27. The van der Waals surface area contributed by atoms with Crippen molar-refractivity contribution in [3.63, 3.8) is 0 Å². The molecule has 2 amide bonds. The summed E-state index contributed by atoms with van der Waals surface area (Å²) in [6, 6.07) is 4.40. The molecular weight excluding hydrogens is 290 g/mol. The van der Waals surface area contributed by atoms with Crippen LogP contribution in [0.3, 0.4) is 0 Å². The number of nitrogens with one attached hydrogen (secondary N) is 1. The number of likely N-dealkylation sites (tertiary alicyclic amines) is 1. The maximum atomic E-state index is 11.9. The van der Waals surface area contributed by atoms with Crippen molar-refractivity contribution in [2.45, 2.75) is 32.7 Å². The fraction of sp³-hybridized carbons (Fsp3) is 0.471. The Bertz CT molecular complexity index is 659. The van der Waals surface area contributed by atoms with Crippen LogP contribution in [0.25, 0.3) is 11.4 Å². The number of nitrogens with zero attached hydrogens (tertiary/aromatic N) is 4. The smallest absolute Gasteiger partial charge is 0.317 e. The molecule has 3 heterocycles. The zero-order valence-electron chi connectivity index (χ0n) is 13.7. The van der Waals surface area contributed by atoms with Crippen molar-refractivity contribution >= 4 is 6.03 Å². The summed E-state index contributed by atoms with van der Waals surface area (Å²) in [5.41, 5.74) is 2.24. The van der Waals surface area contributed by atoms with E-state index in [1.165, 1.54) is 0 Å². The van der Waals surface area contributed by atoms with Gasteiger partial charge in [0.2, 0.25) is 0 Å². The Labute approximate surface area is 136 Å². The molecule has 6 heteroatoms. The predicted octanol–water partition coefficient (Wildman–Crippen LogP) is 2.62. The maximum absolute atomic E-state index is 11.9. The average Bonchev–Trinajstić information content (AvgIpc) is 2.97. The minimum atomic E-state index is 0.0441. The Balaban J connectivity index is 1.77. The van der Waals surface area contributed by atoms with Crippen LogP contribution in [0.4, 0.5) is 4.79 Å². The molecule has 2 aromatic rings. The zero-order chi connectivity index (χ0) is 16.2. The molecule has 0 bridgehead atoms. The number of amides is 2. The number of hydrogen-bond acceptors (Lipinski definition) is 3. The Hall–Kier alpha value is -2.37. The Morgan fingerprint density at radius 3 is 2.65 bits per heavy atom. The fourth-order valence-electron chi connectivity index (χ4n) is 3.21. The molecule has 0 aromatic carbocycles. The highest BCUT2D eigenvalue weighted by Crippen LogP contribution is 2.29. The lowest BCUT2D eigenvalue weighted by Gasteiger charge is -2.33. The largest absolute Gasteiger partial charge is 0.338 e. The van der Waals surface area contributed by atoms with Crippen LogP contribution in [-0.4, -0.2) is 45.1 Å². The van der Waals surface area contributed by atoms with E-state index < -0.39 is 0 Å². The monoisotopic (exact) mass is 313 g/mol. The van der Waals surface area contributed by atoms with Gasteiger partial charge in [0.25, 0.3) is 0 Å². The topological polar surface area (TPSA) is 63.1 Å². The van der Waals surface area contributed by atoms with Crippen molar-refractivity contribution in [2.24, 2.45) is 0 Å². The van der Waals surface area contributed by atoms with Crippen molar-refractivity contribution < 1.29 is 4.79 Å². The molecule has 0 unspecified atom stereocenters. The first kappa shape index (κ1) is 15.5. The van der Waals surface area contributed by atoms with Gasteiger partial charge in [-0.1, -0.05) is 0 Å². The molecule has 122 valence electrons. The van der Waals surface area contributed by atoms with E-state index in [0.29, 0.717) is 12.6 Å². The van der Waals surface area contributed by atoms with Crippen LogP contribution in [0, 0.1) is 6.92 Å². The Morgan fingerprint density at radius 1 is 1.30 bits per heavy atom. The van der Waals surface area contributed by atoms with Gasteiger partial charge in [0.15, 0.2) is 0 Å². The molecule has 6 nitrogen and oxygen atoms in total. The number of pyridine rings is 1. The summed E-state index contributed by atoms with van der Waals surface area (Å²) in [7, 11) is 0. The Morgan fingerprint density at radius 2 is 2.00 bits per heavy atom. The first-order valence-electron chi connectivity index (χ1n) is 8.17. The number of urea groups is 1. The van der Waals surface area contributed by atoms with Crippen LogP contribution in [0.15, 0.2) is 30.7 Å². The van der Waals surface area contributed by atoms with Gasteiger partial charge in [0.1, 0.15) is 5.82 Å². The highest BCUT2D eigenvalue weighted by molar-refractivity contribution is 5.74. The lowest BCUT2D eigenvalue weighted by atomic mass is 10.0. The Kier molecular flexibility index (Phi) is 4.60. The van der Waals surface area contributed by atoms with Gasteiger partial charge in [-0.05, 0) is 38.8 Å². The summed E-state index contributed by atoms with van der Waals surface area (Å²) < 4.78 is 2.31. The van der Waals surface area contributed by atoms with Crippen molar-refractivity contribution in [2.75, 3.05) is 19.6 Å². The van der Waals surface area contributed by atoms with Crippen LogP contribution >= 0.6 is 0 Å². The van der Waals surface area contributed by atoms with Crippen LogP contribution in [0.1, 0.15) is 31.5 Å². The maximum Gasteiger partial charge on any atom is 0.317 e. The second-order valence-corrected chi connectivity index (χ2v) is 5.88. The molecule has 3 rings (SSSR count). The van der Waals surface area contributed by atoms with E-state index in [4.69, 9.17) is 0 Å². The van der Waals surface area contributed by atoms with Gasteiger partial charge in [-0.2, -0.15) is 0 Å². The SMILES string of the molecule is CCNC(=O)N1CCC(n2c(C)cnc2-c2ccncc2)CC1. The van der Waals surface area contributed by atoms with Crippen LogP contribution in [0.5, 0.6) is 0 Å². The predicted molar refractivity (Wildman–Crippen MR) is 89.1 cm³/mol. The fourth-order valence-corrected chi connectivity index (χ4v) is 3.21. The highest BCUT2D eigenvalue weighted by atomic mass is 16.2. The third kappa shape index (κ3) is 3.21. The van der Waals surface area contributed by atoms with Gasteiger partial charge >= 0.3 is 6.03 Å². The standard InChI is InChI=1S/C17H23N5O/c1-3-19-17(23)21-10-6-15(7-11-21)22-13(2)12-20-16(22)14-4-8-18-9-5-14/h4-5,8-9,12,15H,3,6-7,10-11H2,1-2H3,(H,19,23). The minimum Gasteiger partial charge on any atom is -0.338 e. The number of rotatable bonds is 3. The molecule has 0 saturated carbocycles. The molecule has 1 saturated heterocycles. The normalized spacial score (nSPS) is 15.7. The molecule has 2 aromatic heterocycles. The first-order valence-corrected chi connectivity index (χ1v) is 8.17. The van der Waals surface area contributed by atoms with E-state index in [0.717, 1.165) is 43.0 Å². The molecule has 1 N–H and O–H groups in total. The highest BCUT2D eigenvalue weighted by Gasteiger charge is 2.26. The summed E-state index contributed by atoms with van der Waals surface area (Å²) in [4.78, 5) is 22.5. The molecule has 0 spiro atoms. The molecule has 1 fully saturated rings. The number of carbonyl (C=O) groups excluding carboxylic acids is 1. The molecule has 23 heavy (non-hydrogen) atoms. The molecule has 0 atom stereocenters. The second kappa shape index (κ2) is 6.81. The van der Waals surface area contributed by atoms with Crippen molar-refractivity contribution in [1.82, 2.24) is 24.8 Å². The van der Waals surface area contributed by atoms with Gasteiger partial charge in [-0.25, -0.2) is 9.78 Å². The van der Waals surface area contributed by atoms with Crippen LogP contribution < -0.4 is 5.32 Å². The van der Waals surface area contributed by atoms with E-state index in [-0.39, 0.29) is 6.03 Å². The van der Waals surface area contributed by atoms with Gasteiger partial charge in [0.05, 0.1) is 0 Å². The van der Waals surface area contributed by atoms with Gasteiger partial charge in [-0.15, -0.1) is 0 Å². The van der Waals surface area contributed by atoms with Crippen LogP contribution in [-0.2, 0) is 0 Å². The summed E-state index contributed by atoms with van der Waals surface area (Å²) >= 11 is 0. The number of piperidine rings is 1. The van der Waals surface area contributed by atoms with Gasteiger partial charge in [0, 0.05) is 55.5 Å². The van der Waals surface area contributed by atoms with E-state index in [9.17, 15) is 4.79 Å². The molecular formula is C17H23N5O. The lowest BCUT2D eigenvalue weighted by molar-refractivity contribution is 0.172. The molecule has 1 aliphatic rings. The summed E-state index contributed by atoms with van der Waals surface area (Å²) in [5, 5.41) is 2.87. The van der Waals surface area contributed by atoms with Crippen molar-refractivity contribution in [3.8, 4) is 11.4 Å². The zero-order valence-corrected chi connectivity index (χ0v) is 13.7. The van der Waals surface area contributed by atoms with Crippen LogP contribution in [0.2, 0.25) is 0 Å². The summed E-state index contributed by atoms with van der Waals surface area (Å²) in [6.07, 6.45) is 7.41. The van der Waals surface area contributed by atoms with E-state index in [2.05, 4.69) is 26.8 Å². The number of aromatic nitrogens is 3.